The van der Waals surface area contributed by atoms with Crippen LogP contribution in [0.2, 0.25) is 0 Å². The van der Waals surface area contributed by atoms with Gasteiger partial charge in [-0.15, -0.1) is 0 Å². The number of hydrogen-bond acceptors (Lipinski definition) is 5. The van der Waals surface area contributed by atoms with Crippen LogP contribution in [-0.2, 0) is 17.6 Å². The van der Waals surface area contributed by atoms with Crippen molar-refractivity contribution in [3.8, 4) is 17.1 Å². The maximum absolute atomic E-state index is 10.9. The molecule has 2 N–H and O–H groups in total. The molecule has 0 unspecified atom stereocenters. The Hall–Kier alpha value is -3.87. The van der Waals surface area contributed by atoms with E-state index < -0.39 is 5.97 Å². The van der Waals surface area contributed by atoms with Crippen molar-refractivity contribution in [1.29, 1.82) is 0 Å². The molecule has 0 radical (unpaired) electrons. The van der Waals surface area contributed by atoms with Gasteiger partial charge in [-0.3, -0.25) is 4.79 Å². The van der Waals surface area contributed by atoms with Gasteiger partial charge in [-0.25, -0.2) is 9.97 Å². The molecular weight excluding hydrogens is 428 g/mol. The largest absolute Gasteiger partial charge is 0.494 e. The standard InChI is InChI=1S/C27H30N4O3/c1-4-19-6-8-20(9-7-19)26-28-17-18(2)27(30-26)31(3)12-5-13-34-23-10-11-24-21(15-23)14-22(29-24)16-25(32)33/h6-11,14-15,17,29H,4-5,12-13,16H2,1-3H3,(H,32,33). The summed E-state index contributed by atoms with van der Waals surface area (Å²) in [4.78, 5) is 25.5. The number of aromatic amines is 1. The zero-order valence-corrected chi connectivity index (χ0v) is 19.8. The van der Waals surface area contributed by atoms with E-state index in [-0.39, 0.29) is 6.42 Å². The van der Waals surface area contributed by atoms with E-state index in [1.54, 1.807) is 0 Å². The summed E-state index contributed by atoms with van der Waals surface area (Å²) in [7, 11) is 2.04. The van der Waals surface area contributed by atoms with E-state index in [0.717, 1.165) is 58.8 Å². The predicted octanol–water partition coefficient (Wildman–Crippen LogP) is 5.03. The molecule has 0 saturated carbocycles. The smallest absolute Gasteiger partial charge is 0.309 e. The molecular formula is C27H30N4O3. The lowest BCUT2D eigenvalue weighted by molar-refractivity contribution is -0.136. The summed E-state index contributed by atoms with van der Waals surface area (Å²) in [6.07, 6.45) is 3.69. The van der Waals surface area contributed by atoms with Crippen molar-refractivity contribution in [2.45, 2.75) is 33.1 Å². The SMILES string of the molecule is CCc1ccc(-c2ncc(C)c(N(C)CCCOc3ccc4[nH]c(CC(=O)O)cc4c3)n2)cc1. The summed E-state index contributed by atoms with van der Waals surface area (Å²) >= 11 is 0. The average Bonchev–Trinajstić information content (AvgIpc) is 3.23. The highest BCUT2D eigenvalue weighted by molar-refractivity contribution is 5.83. The number of anilines is 1. The fourth-order valence-electron chi connectivity index (χ4n) is 3.96. The minimum Gasteiger partial charge on any atom is -0.494 e. The highest BCUT2D eigenvalue weighted by Crippen LogP contribution is 2.23. The molecule has 0 amide bonds. The van der Waals surface area contributed by atoms with E-state index in [1.807, 2.05) is 44.4 Å². The number of aliphatic carboxylic acids is 1. The van der Waals surface area contributed by atoms with Gasteiger partial charge in [-0.05, 0) is 49.6 Å². The molecule has 0 aliphatic carbocycles. The number of aryl methyl sites for hydroxylation is 2. The average molecular weight is 459 g/mol. The van der Waals surface area contributed by atoms with Gasteiger partial charge in [0.25, 0.3) is 0 Å². The molecule has 176 valence electrons. The fourth-order valence-corrected chi connectivity index (χ4v) is 3.96. The molecule has 7 heteroatoms. The molecule has 4 rings (SSSR count). The van der Waals surface area contributed by atoms with Gasteiger partial charge in [-0.1, -0.05) is 31.2 Å². The summed E-state index contributed by atoms with van der Waals surface area (Å²) < 4.78 is 5.95. The number of carboxylic acids is 1. The van der Waals surface area contributed by atoms with Crippen molar-refractivity contribution in [2.75, 3.05) is 25.1 Å². The van der Waals surface area contributed by atoms with Crippen LogP contribution < -0.4 is 9.64 Å². The van der Waals surface area contributed by atoms with E-state index >= 15 is 0 Å². The van der Waals surface area contributed by atoms with Crippen LogP contribution in [0.5, 0.6) is 5.75 Å². The van der Waals surface area contributed by atoms with Crippen LogP contribution in [0.4, 0.5) is 5.82 Å². The van der Waals surface area contributed by atoms with Crippen molar-refractivity contribution in [1.82, 2.24) is 15.0 Å². The van der Waals surface area contributed by atoms with Gasteiger partial charge >= 0.3 is 5.97 Å². The molecule has 0 spiro atoms. The van der Waals surface area contributed by atoms with E-state index in [2.05, 4.69) is 46.1 Å². The zero-order valence-electron chi connectivity index (χ0n) is 19.8. The molecule has 0 aliphatic rings. The van der Waals surface area contributed by atoms with Gasteiger partial charge < -0.3 is 19.7 Å². The summed E-state index contributed by atoms with van der Waals surface area (Å²) in [5.74, 6) is 1.57. The first-order valence-corrected chi connectivity index (χ1v) is 11.5. The van der Waals surface area contributed by atoms with Gasteiger partial charge in [0.15, 0.2) is 5.82 Å². The third kappa shape index (κ3) is 5.54. The molecule has 0 aliphatic heterocycles. The summed E-state index contributed by atoms with van der Waals surface area (Å²) in [5.41, 5.74) is 4.93. The van der Waals surface area contributed by atoms with Crippen LogP contribution in [-0.4, -0.2) is 46.2 Å². The lowest BCUT2D eigenvalue weighted by Gasteiger charge is -2.20. The number of carboxylic acid groups (broad SMARTS) is 1. The van der Waals surface area contributed by atoms with Crippen molar-refractivity contribution in [2.24, 2.45) is 0 Å². The first-order chi connectivity index (χ1) is 16.4. The second kappa shape index (κ2) is 10.4. The maximum atomic E-state index is 10.9. The molecule has 2 aromatic carbocycles. The first kappa shape index (κ1) is 23.3. The Balaban J connectivity index is 1.34. The van der Waals surface area contributed by atoms with E-state index in [4.69, 9.17) is 14.8 Å². The van der Waals surface area contributed by atoms with Crippen LogP contribution in [0.25, 0.3) is 22.3 Å². The summed E-state index contributed by atoms with van der Waals surface area (Å²) in [5, 5.41) is 9.92. The number of hydrogen-bond donors (Lipinski definition) is 2. The number of aromatic nitrogens is 3. The minimum absolute atomic E-state index is 0.0224. The third-order valence-corrected chi connectivity index (χ3v) is 5.82. The van der Waals surface area contributed by atoms with E-state index in [0.29, 0.717) is 12.3 Å². The molecule has 0 bridgehead atoms. The number of ether oxygens (including phenoxy) is 1. The number of carbonyl (C=O) groups is 1. The summed E-state index contributed by atoms with van der Waals surface area (Å²) in [6.45, 7) is 5.53. The van der Waals surface area contributed by atoms with Gasteiger partial charge in [0.05, 0.1) is 13.0 Å². The molecule has 34 heavy (non-hydrogen) atoms. The van der Waals surface area contributed by atoms with Crippen LogP contribution in [0.3, 0.4) is 0 Å². The van der Waals surface area contributed by atoms with Gasteiger partial charge in [-0.2, -0.15) is 0 Å². The fraction of sp³-hybridized carbons (Fsp3) is 0.296. The number of benzene rings is 2. The molecule has 4 aromatic rings. The van der Waals surface area contributed by atoms with Gasteiger partial charge in [0.2, 0.25) is 0 Å². The number of nitrogens with zero attached hydrogens (tertiary/aromatic N) is 3. The van der Waals surface area contributed by atoms with Gasteiger partial charge in [0, 0.05) is 47.5 Å². The van der Waals surface area contributed by atoms with E-state index in [9.17, 15) is 4.79 Å². The second-order valence-corrected chi connectivity index (χ2v) is 8.49. The Labute approximate surface area is 199 Å². The highest BCUT2D eigenvalue weighted by atomic mass is 16.5. The highest BCUT2D eigenvalue weighted by Gasteiger charge is 2.11. The second-order valence-electron chi connectivity index (χ2n) is 8.49. The van der Waals surface area contributed by atoms with Crippen molar-refractivity contribution < 1.29 is 14.6 Å². The molecule has 2 aromatic heterocycles. The Morgan fingerprint density at radius 2 is 1.94 bits per heavy atom. The molecule has 0 atom stereocenters. The Bertz CT molecular complexity index is 1280. The number of fused-ring (bicyclic) bond motifs is 1. The lowest BCUT2D eigenvalue weighted by atomic mass is 10.1. The quantitative estimate of drug-likeness (QED) is 0.324. The summed E-state index contributed by atoms with van der Waals surface area (Å²) in [6, 6.07) is 16.0. The topological polar surface area (TPSA) is 91.3 Å². The molecule has 0 saturated heterocycles. The van der Waals surface area contributed by atoms with Crippen molar-refractivity contribution in [3.05, 3.63) is 71.5 Å². The molecule has 2 heterocycles. The monoisotopic (exact) mass is 458 g/mol. The third-order valence-electron chi connectivity index (χ3n) is 5.82. The van der Waals surface area contributed by atoms with Gasteiger partial charge in [0.1, 0.15) is 11.6 Å². The maximum Gasteiger partial charge on any atom is 0.309 e. The Morgan fingerprint density at radius 1 is 1.15 bits per heavy atom. The zero-order chi connectivity index (χ0) is 24.1. The number of nitrogens with one attached hydrogen (secondary N) is 1. The van der Waals surface area contributed by atoms with Crippen molar-refractivity contribution >= 4 is 22.7 Å². The van der Waals surface area contributed by atoms with E-state index in [1.165, 1.54) is 5.56 Å². The molecule has 7 nitrogen and oxygen atoms in total. The predicted molar refractivity (Wildman–Crippen MR) is 135 cm³/mol. The normalized spacial score (nSPS) is 11.0. The number of H-pyrrole nitrogens is 1. The van der Waals surface area contributed by atoms with Crippen LogP contribution in [0.1, 0.15) is 30.2 Å². The Morgan fingerprint density at radius 3 is 2.68 bits per heavy atom. The molecule has 0 fully saturated rings. The van der Waals surface area contributed by atoms with Crippen LogP contribution >= 0.6 is 0 Å². The van der Waals surface area contributed by atoms with Crippen LogP contribution in [0.15, 0.2) is 54.7 Å². The van der Waals surface area contributed by atoms with Crippen LogP contribution in [0, 0.1) is 6.92 Å². The first-order valence-electron chi connectivity index (χ1n) is 11.5. The minimum atomic E-state index is -0.854. The Kier molecular flexibility index (Phi) is 7.11. The number of rotatable bonds is 10. The van der Waals surface area contributed by atoms with Crippen molar-refractivity contribution in [3.63, 3.8) is 0 Å². The lowest BCUT2D eigenvalue weighted by Crippen LogP contribution is -2.22.